The van der Waals surface area contributed by atoms with E-state index in [-0.39, 0.29) is 0 Å². The van der Waals surface area contributed by atoms with E-state index in [4.69, 9.17) is 5.73 Å². The minimum Gasteiger partial charge on any atom is -0.335 e. The maximum Gasteiger partial charge on any atom is 0.143 e. The zero-order valence-corrected chi connectivity index (χ0v) is 6.86. The van der Waals surface area contributed by atoms with E-state index in [0.717, 1.165) is 16.7 Å². The summed E-state index contributed by atoms with van der Waals surface area (Å²) in [4.78, 5) is 8.23. The number of aromatic nitrogens is 3. The van der Waals surface area contributed by atoms with E-state index >= 15 is 0 Å². The van der Waals surface area contributed by atoms with Crippen LogP contribution in [-0.4, -0.2) is 14.5 Å². The molecule has 0 aromatic carbocycles. The normalized spacial score (nSPS) is 10.8. The molecule has 0 fully saturated rings. The van der Waals surface area contributed by atoms with E-state index in [9.17, 15) is 0 Å². The zero-order chi connectivity index (χ0) is 8.55. The number of aryl methyl sites for hydroxylation is 1. The van der Waals surface area contributed by atoms with Crippen LogP contribution in [0.4, 0.5) is 0 Å². The number of hydrogen-bond acceptors (Lipinski definition) is 3. The first-order valence-corrected chi connectivity index (χ1v) is 3.78. The summed E-state index contributed by atoms with van der Waals surface area (Å²) in [7, 11) is 1.95. The molecule has 0 unspecified atom stereocenters. The topological polar surface area (TPSA) is 56.7 Å². The molecule has 0 spiro atoms. The molecule has 0 bridgehead atoms. The minimum atomic E-state index is 0.461. The summed E-state index contributed by atoms with van der Waals surface area (Å²) in [5.41, 5.74) is 7.36. The minimum absolute atomic E-state index is 0.461. The molecule has 2 heterocycles. The van der Waals surface area contributed by atoms with E-state index in [2.05, 4.69) is 9.97 Å². The molecular weight excluding hydrogens is 152 g/mol. The monoisotopic (exact) mass is 162 g/mol. The van der Waals surface area contributed by atoms with Gasteiger partial charge < -0.3 is 10.3 Å². The second-order valence-corrected chi connectivity index (χ2v) is 2.69. The van der Waals surface area contributed by atoms with Crippen molar-refractivity contribution in [3.05, 3.63) is 24.3 Å². The van der Waals surface area contributed by atoms with Crippen LogP contribution in [0.1, 0.15) is 5.69 Å². The van der Waals surface area contributed by atoms with Crippen LogP contribution >= 0.6 is 0 Å². The van der Waals surface area contributed by atoms with Gasteiger partial charge in [0, 0.05) is 25.2 Å². The van der Waals surface area contributed by atoms with Crippen molar-refractivity contribution in [2.75, 3.05) is 0 Å². The average molecular weight is 162 g/mol. The highest BCUT2D eigenvalue weighted by Gasteiger charge is 2.03. The lowest BCUT2D eigenvalue weighted by Gasteiger charge is -1.97. The zero-order valence-electron chi connectivity index (χ0n) is 6.86. The highest BCUT2D eigenvalue weighted by Crippen LogP contribution is 2.13. The molecule has 0 saturated heterocycles. The molecule has 2 aromatic rings. The van der Waals surface area contributed by atoms with Gasteiger partial charge >= 0.3 is 0 Å². The summed E-state index contributed by atoms with van der Waals surface area (Å²) in [6.07, 6.45) is 3.50. The molecule has 2 rings (SSSR count). The molecule has 4 nitrogen and oxygen atoms in total. The van der Waals surface area contributed by atoms with Gasteiger partial charge in [-0.2, -0.15) is 0 Å². The van der Waals surface area contributed by atoms with Gasteiger partial charge in [-0.25, -0.2) is 9.97 Å². The molecule has 62 valence electrons. The Kier molecular flexibility index (Phi) is 1.55. The van der Waals surface area contributed by atoms with Gasteiger partial charge in [-0.3, -0.25) is 0 Å². The molecule has 0 amide bonds. The highest BCUT2D eigenvalue weighted by atomic mass is 15.0. The lowest BCUT2D eigenvalue weighted by atomic mass is 10.3. The number of nitrogens with two attached hydrogens (primary N) is 1. The molecule has 0 saturated carbocycles. The Morgan fingerprint density at radius 3 is 3.08 bits per heavy atom. The Balaban J connectivity index is 2.81. The first-order chi connectivity index (χ1) is 5.83. The smallest absolute Gasteiger partial charge is 0.143 e. The lowest BCUT2D eigenvalue weighted by Crippen LogP contribution is -2.01. The lowest BCUT2D eigenvalue weighted by molar-refractivity contribution is 0.930. The van der Waals surface area contributed by atoms with Gasteiger partial charge in [0.2, 0.25) is 0 Å². The third-order valence-corrected chi connectivity index (χ3v) is 1.94. The van der Waals surface area contributed by atoms with Crippen LogP contribution in [-0.2, 0) is 13.6 Å². The van der Waals surface area contributed by atoms with E-state index in [1.807, 2.05) is 23.9 Å². The second kappa shape index (κ2) is 2.57. The Labute approximate surface area is 70.0 Å². The van der Waals surface area contributed by atoms with Gasteiger partial charge in [0.1, 0.15) is 12.0 Å². The summed E-state index contributed by atoms with van der Waals surface area (Å²) in [5.74, 6) is 0. The first-order valence-electron chi connectivity index (χ1n) is 3.78. The van der Waals surface area contributed by atoms with Crippen LogP contribution in [0.25, 0.3) is 11.0 Å². The van der Waals surface area contributed by atoms with Crippen molar-refractivity contribution in [3.63, 3.8) is 0 Å². The fourth-order valence-electron chi connectivity index (χ4n) is 1.29. The van der Waals surface area contributed by atoms with Crippen LogP contribution < -0.4 is 5.73 Å². The maximum absolute atomic E-state index is 5.53. The molecule has 0 atom stereocenters. The number of fused-ring (bicyclic) bond motifs is 1. The van der Waals surface area contributed by atoms with E-state index in [0.29, 0.717) is 6.54 Å². The van der Waals surface area contributed by atoms with Crippen molar-refractivity contribution in [1.29, 1.82) is 0 Å². The van der Waals surface area contributed by atoms with Crippen LogP contribution in [0.15, 0.2) is 18.6 Å². The maximum atomic E-state index is 5.53. The van der Waals surface area contributed by atoms with Crippen molar-refractivity contribution in [2.24, 2.45) is 12.8 Å². The summed E-state index contributed by atoms with van der Waals surface area (Å²) < 4.78 is 1.95. The van der Waals surface area contributed by atoms with Crippen molar-refractivity contribution >= 4 is 11.0 Å². The van der Waals surface area contributed by atoms with Gasteiger partial charge in [0.05, 0.1) is 5.69 Å². The van der Waals surface area contributed by atoms with Crippen molar-refractivity contribution in [2.45, 2.75) is 6.54 Å². The van der Waals surface area contributed by atoms with Gasteiger partial charge in [-0.05, 0) is 6.07 Å². The summed E-state index contributed by atoms with van der Waals surface area (Å²) >= 11 is 0. The first kappa shape index (κ1) is 7.24. The number of hydrogen-bond donors (Lipinski definition) is 1. The second-order valence-electron chi connectivity index (χ2n) is 2.69. The Hall–Kier alpha value is -1.42. The van der Waals surface area contributed by atoms with Crippen LogP contribution in [0.3, 0.4) is 0 Å². The Morgan fingerprint density at radius 1 is 1.50 bits per heavy atom. The summed E-state index contributed by atoms with van der Waals surface area (Å²) in [5, 5.41) is 1.04. The molecule has 0 aliphatic carbocycles. The number of nitrogens with zero attached hydrogens (tertiary/aromatic N) is 3. The van der Waals surface area contributed by atoms with Crippen molar-refractivity contribution in [1.82, 2.24) is 14.5 Å². The van der Waals surface area contributed by atoms with Crippen molar-refractivity contribution in [3.8, 4) is 0 Å². The molecular formula is C8H10N4. The van der Waals surface area contributed by atoms with Gasteiger partial charge in [-0.1, -0.05) is 0 Å². The van der Waals surface area contributed by atoms with Gasteiger partial charge in [0.25, 0.3) is 0 Å². The van der Waals surface area contributed by atoms with Crippen molar-refractivity contribution < 1.29 is 0 Å². The van der Waals surface area contributed by atoms with E-state index < -0.39 is 0 Å². The number of rotatable bonds is 1. The molecule has 4 heteroatoms. The quantitative estimate of drug-likeness (QED) is 0.661. The molecule has 12 heavy (non-hydrogen) atoms. The average Bonchev–Trinajstić information content (AvgIpc) is 2.48. The third kappa shape index (κ3) is 0.887. The van der Waals surface area contributed by atoms with Crippen LogP contribution in [0.2, 0.25) is 0 Å². The molecule has 0 aliphatic rings. The van der Waals surface area contributed by atoms with E-state index in [1.165, 1.54) is 0 Å². The molecule has 2 N–H and O–H groups in total. The predicted octanol–water partition coefficient (Wildman–Crippen LogP) is 0.427. The molecule has 2 aromatic heterocycles. The van der Waals surface area contributed by atoms with Crippen LogP contribution in [0, 0.1) is 0 Å². The third-order valence-electron chi connectivity index (χ3n) is 1.94. The molecule has 0 radical (unpaired) electrons. The summed E-state index contributed by atoms with van der Waals surface area (Å²) in [6.45, 7) is 0.461. The summed E-state index contributed by atoms with van der Waals surface area (Å²) in [6, 6.07) is 1.98. The van der Waals surface area contributed by atoms with Gasteiger partial charge in [-0.15, -0.1) is 0 Å². The Morgan fingerprint density at radius 2 is 2.33 bits per heavy atom. The SMILES string of the molecule is Cn1ccc2c(CN)ncnc21. The van der Waals surface area contributed by atoms with E-state index in [1.54, 1.807) is 6.33 Å². The Bertz CT molecular complexity index is 404. The molecule has 0 aliphatic heterocycles. The van der Waals surface area contributed by atoms with Crippen LogP contribution in [0.5, 0.6) is 0 Å². The predicted molar refractivity (Wildman–Crippen MR) is 46.4 cm³/mol. The standard InChI is InChI=1S/C8H10N4/c1-12-3-2-6-7(4-9)10-5-11-8(6)12/h2-3,5H,4,9H2,1H3. The highest BCUT2D eigenvalue weighted by molar-refractivity contribution is 5.78. The fourth-order valence-corrected chi connectivity index (χ4v) is 1.29. The van der Waals surface area contributed by atoms with Gasteiger partial charge in [0.15, 0.2) is 0 Å². The largest absolute Gasteiger partial charge is 0.335 e. The fraction of sp³-hybridized carbons (Fsp3) is 0.250.